The van der Waals surface area contributed by atoms with Crippen LogP contribution in [0.4, 0.5) is 0 Å². The Bertz CT molecular complexity index is 132. The third-order valence-corrected chi connectivity index (χ3v) is 1.33. The van der Waals surface area contributed by atoms with Gasteiger partial charge in [0.1, 0.15) is 0 Å². The van der Waals surface area contributed by atoms with Crippen LogP contribution in [0.2, 0.25) is 0 Å². The minimum Gasteiger partial charge on any atom is -0.365 e. The number of nitrogens with two attached hydrogens (primary N) is 1. The van der Waals surface area contributed by atoms with E-state index in [2.05, 4.69) is 6.92 Å². The van der Waals surface area contributed by atoms with Crippen LogP contribution >= 0.6 is 0 Å². The number of primary amides is 1. The van der Waals surface area contributed by atoms with E-state index in [4.69, 9.17) is 11.1 Å². The van der Waals surface area contributed by atoms with Gasteiger partial charge in [-0.15, -0.1) is 0 Å². The summed E-state index contributed by atoms with van der Waals surface area (Å²) in [6.07, 6.45) is 3.60. The van der Waals surface area contributed by atoms with Gasteiger partial charge in [0.25, 0.3) is 5.91 Å². The van der Waals surface area contributed by atoms with Gasteiger partial charge in [0.05, 0.1) is 5.71 Å². The smallest absolute Gasteiger partial charge is 0.262 e. The lowest BCUT2D eigenvalue weighted by molar-refractivity contribution is -0.112. The molecule has 58 valence electrons. The molecule has 0 heterocycles. The van der Waals surface area contributed by atoms with Crippen molar-refractivity contribution in [2.75, 3.05) is 0 Å². The molecular formula is C7H14N2O. The van der Waals surface area contributed by atoms with E-state index in [1.54, 1.807) is 0 Å². The normalized spacial score (nSPS) is 9.30. The van der Waals surface area contributed by atoms with Gasteiger partial charge in [0, 0.05) is 0 Å². The lowest BCUT2D eigenvalue weighted by Crippen LogP contribution is -2.21. The molecule has 0 aliphatic heterocycles. The molecule has 10 heavy (non-hydrogen) atoms. The fourth-order valence-corrected chi connectivity index (χ4v) is 0.675. The Balaban J connectivity index is 3.31. The van der Waals surface area contributed by atoms with Gasteiger partial charge in [-0.2, -0.15) is 0 Å². The molecule has 0 unspecified atom stereocenters. The SMILES string of the molecule is CCCCCC(=N)C(N)=O. The summed E-state index contributed by atoms with van der Waals surface area (Å²) in [4.78, 5) is 10.3. The standard InChI is InChI=1S/C7H14N2O/c1-2-3-4-5-6(8)7(9)10/h8H,2-5H2,1H3,(H2,9,10). The summed E-state index contributed by atoms with van der Waals surface area (Å²) in [6.45, 7) is 2.08. The van der Waals surface area contributed by atoms with Crippen LogP contribution in [0.3, 0.4) is 0 Å². The quantitative estimate of drug-likeness (QED) is 0.437. The zero-order valence-electron chi connectivity index (χ0n) is 6.31. The maximum atomic E-state index is 10.3. The van der Waals surface area contributed by atoms with Crippen LogP contribution < -0.4 is 5.73 Å². The van der Waals surface area contributed by atoms with E-state index >= 15 is 0 Å². The highest BCUT2D eigenvalue weighted by molar-refractivity contribution is 6.36. The number of unbranched alkanes of at least 4 members (excludes halogenated alkanes) is 2. The van der Waals surface area contributed by atoms with E-state index in [-0.39, 0.29) is 5.71 Å². The van der Waals surface area contributed by atoms with E-state index in [1.165, 1.54) is 0 Å². The van der Waals surface area contributed by atoms with E-state index in [0.717, 1.165) is 19.3 Å². The first-order valence-corrected chi connectivity index (χ1v) is 3.55. The summed E-state index contributed by atoms with van der Waals surface area (Å²) in [5, 5.41) is 7.05. The summed E-state index contributed by atoms with van der Waals surface area (Å²) < 4.78 is 0. The summed E-state index contributed by atoms with van der Waals surface area (Å²) in [5.41, 5.74) is 4.90. The van der Waals surface area contributed by atoms with E-state index in [9.17, 15) is 4.79 Å². The fourth-order valence-electron chi connectivity index (χ4n) is 0.675. The predicted octanol–water partition coefficient (Wildman–Crippen LogP) is 1.07. The maximum Gasteiger partial charge on any atom is 0.262 e. The maximum absolute atomic E-state index is 10.3. The van der Waals surface area contributed by atoms with Crippen molar-refractivity contribution < 1.29 is 4.79 Å². The lowest BCUT2D eigenvalue weighted by Gasteiger charge is -1.96. The molecule has 0 saturated heterocycles. The molecule has 0 bridgehead atoms. The van der Waals surface area contributed by atoms with Gasteiger partial charge in [-0.25, -0.2) is 0 Å². The molecule has 3 nitrogen and oxygen atoms in total. The summed E-state index contributed by atoms with van der Waals surface area (Å²) in [7, 11) is 0. The largest absolute Gasteiger partial charge is 0.365 e. The Morgan fingerprint density at radius 3 is 2.50 bits per heavy atom. The van der Waals surface area contributed by atoms with Gasteiger partial charge in [0.2, 0.25) is 0 Å². The third kappa shape index (κ3) is 4.06. The average molecular weight is 142 g/mol. The van der Waals surface area contributed by atoms with Gasteiger partial charge in [-0.1, -0.05) is 19.8 Å². The molecule has 0 aromatic heterocycles. The van der Waals surface area contributed by atoms with Crippen molar-refractivity contribution in [3.8, 4) is 0 Å². The number of rotatable bonds is 5. The summed E-state index contributed by atoms with van der Waals surface area (Å²) in [5.74, 6) is -0.587. The number of amides is 1. The van der Waals surface area contributed by atoms with Gasteiger partial charge in [-0.3, -0.25) is 10.2 Å². The molecule has 1 amide bonds. The molecule has 0 spiro atoms. The molecule has 0 aromatic carbocycles. The van der Waals surface area contributed by atoms with Gasteiger partial charge in [0.15, 0.2) is 0 Å². The number of hydrogen-bond donors (Lipinski definition) is 2. The molecule has 0 radical (unpaired) electrons. The van der Waals surface area contributed by atoms with Crippen molar-refractivity contribution in [2.45, 2.75) is 32.6 Å². The van der Waals surface area contributed by atoms with Crippen LogP contribution in [-0.2, 0) is 4.79 Å². The Hall–Kier alpha value is -0.860. The topological polar surface area (TPSA) is 66.9 Å². The molecule has 0 rings (SSSR count). The van der Waals surface area contributed by atoms with Crippen molar-refractivity contribution in [1.82, 2.24) is 0 Å². The first-order valence-electron chi connectivity index (χ1n) is 3.55. The van der Waals surface area contributed by atoms with Crippen LogP contribution in [-0.4, -0.2) is 11.6 Å². The molecule has 3 heteroatoms. The molecule has 3 N–H and O–H groups in total. The highest BCUT2D eigenvalue weighted by Crippen LogP contribution is 1.98. The minimum absolute atomic E-state index is 0.0495. The van der Waals surface area contributed by atoms with Crippen LogP contribution in [0, 0.1) is 5.41 Å². The lowest BCUT2D eigenvalue weighted by atomic mass is 10.1. The Morgan fingerprint density at radius 2 is 2.10 bits per heavy atom. The highest BCUT2D eigenvalue weighted by atomic mass is 16.1. The van der Waals surface area contributed by atoms with Crippen LogP contribution in [0.25, 0.3) is 0 Å². The zero-order valence-corrected chi connectivity index (χ0v) is 6.31. The monoisotopic (exact) mass is 142 g/mol. The van der Waals surface area contributed by atoms with Crippen LogP contribution in [0.15, 0.2) is 0 Å². The molecule has 0 aromatic rings. The summed E-state index contributed by atoms with van der Waals surface area (Å²) in [6, 6.07) is 0. The number of carbonyl (C=O) groups excluding carboxylic acids is 1. The average Bonchev–Trinajstić information content (AvgIpc) is 1.88. The fraction of sp³-hybridized carbons (Fsp3) is 0.714. The second-order valence-corrected chi connectivity index (χ2v) is 2.30. The number of nitrogens with one attached hydrogen (secondary N) is 1. The van der Waals surface area contributed by atoms with Gasteiger partial charge >= 0.3 is 0 Å². The highest BCUT2D eigenvalue weighted by Gasteiger charge is 2.01. The Morgan fingerprint density at radius 1 is 1.50 bits per heavy atom. The Kier molecular flexibility index (Phi) is 4.54. The molecule has 0 aliphatic carbocycles. The predicted molar refractivity (Wildman–Crippen MR) is 41.1 cm³/mol. The van der Waals surface area contributed by atoms with Crippen molar-refractivity contribution >= 4 is 11.6 Å². The van der Waals surface area contributed by atoms with Gasteiger partial charge in [-0.05, 0) is 12.8 Å². The molecular weight excluding hydrogens is 128 g/mol. The van der Waals surface area contributed by atoms with Crippen molar-refractivity contribution in [3.05, 3.63) is 0 Å². The molecule has 0 atom stereocenters. The van der Waals surface area contributed by atoms with Crippen molar-refractivity contribution in [2.24, 2.45) is 5.73 Å². The van der Waals surface area contributed by atoms with E-state index in [0.29, 0.717) is 6.42 Å². The Labute approximate surface area is 61.1 Å². The minimum atomic E-state index is -0.587. The number of carbonyl (C=O) groups is 1. The van der Waals surface area contributed by atoms with Crippen molar-refractivity contribution in [3.63, 3.8) is 0 Å². The van der Waals surface area contributed by atoms with E-state index < -0.39 is 5.91 Å². The summed E-state index contributed by atoms with van der Waals surface area (Å²) >= 11 is 0. The second kappa shape index (κ2) is 4.97. The molecule has 0 fully saturated rings. The zero-order chi connectivity index (χ0) is 7.98. The van der Waals surface area contributed by atoms with Crippen LogP contribution in [0.1, 0.15) is 32.6 Å². The number of hydrogen-bond acceptors (Lipinski definition) is 2. The third-order valence-electron chi connectivity index (χ3n) is 1.33. The first kappa shape index (κ1) is 9.14. The molecule has 0 saturated carbocycles. The second-order valence-electron chi connectivity index (χ2n) is 2.30. The van der Waals surface area contributed by atoms with Gasteiger partial charge < -0.3 is 5.73 Å². The first-order chi connectivity index (χ1) is 4.68. The molecule has 0 aliphatic rings. The van der Waals surface area contributed by atoms with Crippen molar-refractivity contribution in [1.29, 1.82) is 5.41 Å². The van der Waals surface area contributed by atoms with Crippen LogP contribution in [0.5, 0.6) is 0 Å². The van der Waals surface area contributed by atoms with E-state index in [1.807, 2.05) is 0 Å².